The van der Waals surface area contributed by atoms with Crippen molar-refractivity contribution in [3.8, 4) is 0 Å². The third-order valence-corrected chi connectivity index (χ3v) is 6.17. The van der Waals surface area contributed by atoms with Crippen LogP contribution in [-0.4, -0.2) is 16.4 Å². The Morgan fingerprint density at radius 3 is 3.05 bits per heavy atom. The Morgan fingerprint density at radius 1 is 1.27 bits per heavy atom. The van der Waals surface area contributed by atoms with Gasteiger partial charge in [-0.2, -0.15) is 0 Å². The van der Waals surface area contributed by atoms with Gasteiger partial charge in [-0.1, -0.05) is 12.1 Å². The van der Waals surface area contributed by atoms with Gasteiger partial charge in [0.2, 0.25) is 0 Å². The van der Waals surface area contributed by atoms with Gasteiger partial charge in [-0.3, -0.25) is 15.1 Å². The summed E-state index contributed by atoms with van der Waals surface area (Å²) < 4.78 is 0. The molecule has 2 aliphatic heterocycles. The third kappa shape index (κ3) is 2.28. The minimum atomic E-state index is -0.292. The summed E-state index contributed by atoms with van der Waals surface area (Å²) in [6.45, 7) is 0. The van der Waals surface area contributed by atoms with Crippen LogP contribution in [0.3, 0.4) is 0 Å². The fourth-order valence-corrected chi connectivity index (χ4v) is 5.24. The van der Waals surface area contributed by atoms with Crippen molar-refractivity contribution >= 4 is 23.2 Å². The molecule has 0 spiro atoms. The second-order valence-corrected chi connectivity index (χ2v) is 7.33. The summed E-state index contributed by atoms with van der Waals surface area (Å²) in [6, 6.07) is 7.23. The van der Waals surface area contributed by atoms with Gasteiger partial charge >= 0.3 is 0 Å². The van der Waals surface area contributed by atoms with E-state index in [0.717, 1.165) is 30.6 Å². The van der Waals surface area contributed by atoms with Crippen LogP contribution in [0, 0.1) is 16.0 Å². The van der Waals surface area contributed by atoms with Crippen molar-refractivity contribution in [2.45, 2.75) is 38.0 Å². The van der Waals surface area contributed by atoms with Crippen LogP contribution in [0.25, 0.3) is 0 Å². The molecule has 1 fully saturated rings. The average Bonchev–Trinajstić information content (AvgIpc) is 3.00. The standard InChI is InChI=1S/C17H18N2O2S/c20-19(21)12-5-1-4-11(10-12)16-13-6-2-7-14(13)18-15-8-3-9-22-17(15)16/h1,4-5,10,13,16H,2-3,6-9H2. The number of thioether (sulfide) groups is 1. The number of aliphatic imine (C=N–C) groups is 1. The molecule has 2 heterocycles. The Labute approximate surface area is 133 Å². The molecular weight excluding hydrogens is 296 g/mol. The van der Waals surface area contributed by atoms with Crippen LogP contribution in [0.2, 0.25) is 0 Å². The average molecular weight is 314 g/mol. The third-order valence-electron chi connectivity index (χ3n) is 4.88. The van der Waals surface area contributed by atoms with E-state index < -0.39 is 0 Å². The lowest BCUT2D eigenvalue weighted by Crippen LogP contribution is -2.24. The molecule has 22 heavy (non-hydrogen) atoms. The molecule has 1 saturated carbocycles. The summed E-state index contributed by atoms with van der Waals surface area (Å²) in [5, 5.41) is 11.1. The molecule has 0 saturated heterocycles. The first kappa shape index (κ1) is 14.0. The Kier molecular flexibility index (Phi) is 3.53. The zero-order valence-corrected chi connectivity index (χ0v) is 13.1. The number of rotatable bonds is 2. The van der Waals surface area contributed by atoms with E-state index in [2.05, 4.69) is 6.07 Å². The number of nitro benzene ring substituents is 1. The Morgan fingerprint density at radius 2 is 2.18 bits per heavy atom. The molecule has 4 nitrogen and oxygen atoms in total. The molecule has 0 N–H and O–H groups in total. The van der Waals surface area contributed by atoms with Crippen molar-refractivity contribution in [2.24, 2.45) is 10.9 Å². The second kappa shape index (κ2) is 5.54. The van der Waals surface area contributed by atoms with Crippen molar-refractivity contribution in [2.75, 3.05) is 5.75 Å². The van der Waals surface area contributed by atoms with Gasteiger partial charge in [0.05, 0.1) is 10.6 Å². The van der Waals surface area contributed by atoms with Crippen molar-refractivity contribution in [3.05, 3.63) is 50.5 Å². The summed E-state index contributed by atoms with van der Waals surface area (Å²) in [5.41, 5.74) is 3.87. The first-order valence-corrected chi connectivity index (χ1v) is 8.90. The number of benzene rings is 1. The van der Waals surface area contributed by atoms with Gasteiger partial charge in [0.25, 0.3) is 5.69 Å². The summed E-state index contributed by atoms with van der Waals surface area (Å²) in [7, 11) is 0. The van der Waals surface area contributed by atoms with Gasteiger partial charge in [0, 0.05) is 34.6 Å². The van der Waals surface area contributed by atoms with E-state index in [9.17, 15) is 10.1 Å². The fourth-order valence-electron chi connectivity index (χ4n) is 3.93. The minimum Gasteiger partial charge on any atom is -0.261 e. The van der Waals surface area contributed by atoms with E-state index >= 15 is 0 Å². The van der Waals surface area contributed by atoms with Gasteiger partial charge in [-0.05, 0) is 43.4 Å². The van der Waals surface area contributed by atoms with Crippen LogP contribution < -0.4 is 0 Å². The lowest BCUT2D eigenvalue weighted by atomic mass is 9.80. The highest BCUT2D eigenvalue weighted by atomic mass is 32.2. The van der Waals surface area contributed by atoms with Crippen LogP contribution in [0.1, 0.15) is 43.6 Å². The van der Waals surface area contributed by atoms with E-state index in [-0.39, 0.29) is 16.5 Å². The van der Waals surface area contributed by atoms with E-state index in [1.807, 2.05) is 17.8 Å². The molecule has 2 unspecified atom stereocenters. The predicted octanol–water partition coefficient (Wildman–Crippen LogP) is 4.67. The van der Waals surface area contributed by atoms with Gasteiger partial charge in [0.15, 0.2) is 0 Å². The smallest absolute Gasteiger partial charge is 0.261 e. The van der Waals surface area contributed by atoms with Crippen LogP contribution in [0.5, 0.6) is 0 Å². The van der Waals surface area contributed by atoms with Crippen molar-refractivity contribution in [3.63, 3.8) is 0 Å². The number of allylic oxidation sites excluding steroid dienone is 2. The molecule has 4 rings (SSSR count). The second-order valence-electron chi connectivity index (χ2n) is 6.19. The van der Waals surface area contributed by atoms with Gasteiger partial charge in [-0.25, -0.2) is 0 Å². The number of hydrogen-bond donors (Lipinski definition) is 0. The summed E-state index contributed by atoms with van der Waals surface area (Å²) in [4.78, 5) is 17.1. The Bertz CT molecular complexity index is 696. The van der Waals surface area contributed by atoms with E-state index in [1.165, 1.54) is 29.2 Å². The summed E-state index contributed by atoms with van der Waals surface area (Å²) in [5.74, 6) is 1.88. The molecule has 1 aliphatic carbocycles. The first-order valence-electron chi connectivity index (χ1n) is 7.91. The molecule has 0 radical (unpaired) electrons. The molecule has 114 valence electrons. The van der Waals surface area contributed by atoms with Crippen molar-refractivity contribution in [1.82, 2.24) is 0 Å². The van der Waals surface area contributed by atoms with Crippen LogP contribution >= 0.6 is 11.8 Å². The van der Waals surface area contributed by atoms with E-state index in [0.29, 0.717) is 5.92 Å². The van der Waals surface area contributed by atoms with Crippen LogP contribution in [0.4, 0.5) is 5.69 Å². The van der Waals surface area contributed by atoms with Crippen molar-refractivity contribution in [1.29, 1.82) is 0 Å². The van der Waals surface area contributed by atoms with Crippen LogP contribution in [0.15, 0.2) is 39.9 Å². The molecule has 0 aromatic heterocycles. The highest BCUT2D eigenvalue weighted by molar-refractivity contribution is 8.03. The maximum absolute atomic E-state index is 11.1. The van der Waals surface area contributed by atoms with E-state index in [1.54, 1.807) is 12.1 Å². The molecule has 0 amide bonds. The largest absolute Gasteiger partial charge is 0.269 e. The molecular formula is C17H18N2O2S. The Hall–Kier alpha value is -1.62. The molecule has 0 bridgehead atoms. The predicted molar refractivity (Wildman–Crippen MR) is 89.3 cm³/mol. The van der Waals surface area contributed by atoms with Crippen LogP contribution in [-0.2, 0) is 0 Å². The highest BCUT2D eigenvalue weighted by Crippen LogP contribution is 2.51. The highest BCUT2D eigenvalue weighted by Gasteiger charge is 2.39. The number of nitro groups is 1. The normalized spacial score (nSPS) is 27.2. The molecule has 3 aliphatic rings. The SMILES string of the molecule is O=[N+]([O-])c1cccc(C2C3=C(CCCS3)N=C3CCCC32)c1. The molecule has 1 aromatic carbocycles. The maximum atomic E-state index is 11.1. The molecule has 2 atom stereocenters. The van der Waals surface area contributed by atoms with E-state index in [4.69, 9.17) is 4.99 Å². The number of nitrogens with zero attached hydrogens (tertiary/aromatic N) is 2. The molecule has 5 heteroatoms. The Balaban J connectivity index is 1.81. The topological polar surface area (TPSA) is 55.5 Å². The quantitative estimate of drug-likeness (QED) is 0.588. The fraction of sp³-hybridized carbons (Fsp3) is 0.471. The van der Waals surface area contributed by atoms with Gasteiger partial charge < -0.3 is 0 Å². The lowest BCUT2D eigenvalue weighted by molar-refractivity contribution is -0.384. The zero-order chi connectivity index (χ0) is 15.1. The van der Waals surface area contributed by atoms with Gasteiger partial charge in [0.1, 0.15) is 0 Å². The van der Waals surface area contributed by atoms with Crippen molar-refractivity contribution < 1.29 is 4.92 Å². The lowest BCUT2D eigenvalue weighted by Gasteiger charge is -2.34. The number of non-ortho nitro benzene ring substituents is 1. The minimum absolute atomic E-state index is 0.197. The maximum Gasteiger partial charge on any atom is 0.269 e. The zero-order valence-electron chi connectivity index (χ0n) is 12.3. The number of hydrogen-bond acceptors (Lipinski definition) is 4. The summed E-state index contributed by atoms with van der Waals surface area (Å²) in [6.07, 6.45) is 5.69. The summed E-state index contributed by atoms with van der Waals surface area (Å²) >= 11 is 1.92. The molecule has 1 aromatic rings. The monoisotopic (exact) mass is 314 g/mol. The first-order chi connectivity index (χ1) is 10.7. The number of fused-ring (bicyclic) bond motifs is 1. The van der Waals surface area contributed by atoms with Gasteiger partial charge in [-0.15, -0.1) is 11.8 Å².